The number of aliphatic imine (C=N–C) groups is 1. The topological polar surface area (TPSA) is 126 Å². The Labute approximate surface area is 256 Å². The van der Waals surface area contributed by atoms with Gasteiger partial charge < -0.3 is 25.0 Å². The minimum Gasteiger partial charge on any atom is -0.466 e. The first kappa shape index (κ1) is 29.6. The zero-order valence-electron chi connectivity index (χ0n) is 24.9. The average Bonchev–Trinajstić information content (AvgIpc) is 3.12. The van der Waals surface area contributed by atoms with Gasteiger partial charge >= 0.3 is 12.1 Å². The highest BCUT2D eigenvalue weighted by Gasteiger charge is 2.51. The van der Waals surface area contributed by atoms with Gasteiger partial charge in [-0.25, -0.2) is 9.59 Å². The van der Waals surface area contributed by atoms with Crippen molar-refractivity contribution < 1.29 is 28.7 Å². The van der Waals surface area contributed by atoms with Crippen molar-refractivity contribution in [1.29, 1.82) is 0 Å². The van der Waals surface area contributed by atoms with E-state index in [9.17, 15) is 19.2 Å². The van der Waals surface area contributed by atoms with Crippen molar-refractivity contribution >= 4 is 35.3 Å². The Morgan fingerprint density at radius 3 is 2.32 bits per heavy atom. The molecule has 4 bridgehead atoms. The van der Waals surface area contributed by atoms with Crippen LogP contribution in [0.25, 0.3) is 0 Å². The number of alkyl carbamates (subject to hydrolysis) is 1. The normalized spacial score (nSPS) is 26.9. The van der Waals surface area contributed by atoms with E-state index in [1.807, 2.05) is 42.5 Å². The van der Waals surface area contributed by atoms with Gasteiger partial charge in [0.05, 0.1) is 18.5 Å². The van der Waals surface area contributed by atoms with E-state index in [2.05, 4.69) is 15.4 Å². The third kappa shape index (κ3) is 6.39. The highest BCUT2D eigenvalue weighted by Crippen LogP contribution is 2.55. The van der Waals surface area contributed by atoms with E-state index in [-0.39, 0.29) is 25.2 Å². The molecule has 0 aromatic heterocycles. The number of hydrogen-bond donors (Lipinski definition) is 2. The molecule has 1 atom stereocenters. The van der Waals surface area contributed by atoms with Gasteiger partial charge in [0.15, 0.2) is 6.04 Å². The number of carbonyl (C=O) groups excluding carboxylic acids is 4. The van der Waals surface area contributed by atoms with E-state index in [0.29, 0.717) is 34.7 Å². The number of benzodiazepines with no additional fused rings is 1. The van der Waals surface area contributed by atoms with Gasteiger partial charge in [0.1, 0.15) is 13.2 Å². The number of hydrogen-bond acceptors (Lipinski definition) is 7. The van der Waals surface area contributed by atoms with Crippen LogP contribution in [0, 0.1) is 17.8 Å². The molecule has 0 unspecified atom stereocenters. The maximum absolute atomic E-state index is 14.1. The van der Waals surface area contributed by atoms with E-state index in [4.69, 9.17) is 9.73 Å². The van der Waals surface area contributed by atoms with E-state index >= 15 is 0 Å². The molecular weight excluding hydrogens is 560 g/mol. The molecule has 3 amide bonds. The summed E-state index contributed by atoms with van der Waals surface area (Å²) in [6.45, 7) is -0.461. The number of methoxy groups -OCH3 is 1. The lowest BCUT2D eigenvalue weighted by atomic mass is 9.53. The van der Waals surface area contributed by atoms with Crippen LogP contribution in [0.3, 0.4) is 0 Å². The van der Waals surface area contributed by atoms with Gasteiger partial charge in [-0.15, -0.1) is 0 Å². The van der Waals surface area contributed by atoms with Crippen molar-refractivity contribution in [2.75, 3.05) is 31.7 Å². The zero-order valence-corrected chi connectivity index (χ0v) is 24.9. The molecule has 0 radical (unpaired) electrons. The van der Waals surface area contributed by atoms with E-state index < -0.39 is 29.9 Å². The van der Waals surface area contributed by atoms with Crippen LogP contribution < -0.4 is 15.5 Å². The number of amides is 3. The summed E-state index contributed by atoms with van der Waals surface area (Å²) in [5.74, 6) is 0.583. The second kappa shape index (κ2) is 12.6. The Morgan fingerprint density at radius 2 is 1.64 bits per heavy atom. The van der Waals surface area contributed by atoms with Gasteiger partial charge in [0.25, 0.3) is 5.91 Å². The Balaban J connectivity index is 1.21. The summed E-state index contributed by atoms with van der Waals surface area (Å²) in [6, 6.07) is 15.7. The summed E-state index contributed by atoms with van der Waals surface area (Å²) in [4.78, 5) is 57.8. The van der Waals surface area contributed by atoms with Crippen molar-refractivity contribution in [2.24, 2.45) is 22.7 Å². The number of benzene rings is 2. The quantitative estimate of drug-likeness (QED) is 0.334. The Morgan fingerprint density at radius 1 is 0.977 bits per heavy atom. The number of carbonyl (C=O) groups is 4. The summed E-state index contributed by atoms with van der Waals surface area (Å²) in [5.41, 5.74) is 2.37. The number of para-hydroxylation sites is 1. The molecule has 2 N–H and O–H groups in total. The molecule has 0 spiro atoms. The number of nitrogens with zero attached hydrogens (tertiary/aromatic N) is 2. The molecule has 10 heteroatoms. The van der Waals surface area contributed by atoms with Crippen LogP contribution in [0.5, 0.6) is 0 Å². The smallest absolute Gasteiger partial charge is 0.407 e. The number of esters is 1. The lowest BCUT2D eigenvalue weighted by Crippen LogP contribution is -2.60. The van der Waals surface area contributed by atoms with Gasteiger partial charge in [-0.05, 0) is 62.3 Å². The summed E-state index contributed by atoms with van der Waals surface area (Å²) in [5, 5.41) is 5.90. The van der Waals surface area contributed by atoms with Crippen LogP contribution in [0.2, 0.25) is 0 Å². The fourth-order valence-corrected chi connectivity index (χ4v) is 7.85. The van der Waals surface area contributed by atoms with Gasteiger partial charge in [-0.1, -0.05) is 54.6 Å². The molecule has 4 saturated carbocycles. The van der Waals surface area contributed by atoms with Crippen LogP contribution in [0.4, 0.5) is 10.5 Å². The maximum Gasteiger partial charge on any atom is 0.407 e. The lowest BCUT2D eigenvalue weighted by molar-refractivity contribution is -0.134. The minimum atomic E-state index is -1.06. The predicted octanol–water partition coefficient (Wildman–Crippen LogP) is 3.78. The van der Waals surface area contributed by atoms with Crippen LogP contribution in [0.1, 0.15) is 49.7 Å². The number of anilines is 1. The molecule has 230 valence electrons. The summed E-state index contributed by atoms with van der Waals surface area (Å²) in [7, 11) is 1.27. The summed E-state index contributed by atoms with van der Waals surface area (Å²) in [6.07, 6.45) is 8.89. The van der Waals surface area contributed by atoms with Gasteiger partial charge in [0, 0.05) is 29.3 Å². The molecule has 1 heterocycles. The van der Waals surface area contributed by atoms with Crippen LogP contribution in [-0.4, -0.2) is 68.0 Å². The molecule has 4 aliphatic carbocycles. The highest BCUT2D eigenvalue weighted by molar-refractivity contribution is 6.20. The number of fused-ring (bicyclic) bond motifs is 1. The maximum atomic E-state index is 14.1. The average molecular weight is 599 g/mol. The third-order valence-corrected chi connectivity index (χ3v) is 9.28. The third-order valence-electron chi connectivity index (χ3n) is 9.28. The highest BCUT2D eigenvalue weighted by atomic mass is 16.5. The SMILES string of the molecule is COC(=O)/C=C/CNC(=O)CN1C(=O)[C@@H](COC(=O)NC23CC4CC(CC(C4)C2)C3)N=C(c2ccccc2)c2ccccc21. The standard InChI is InChI=1S/C34H38N4O6/c1-43-30(40)12-7-13-35-29(39)20-38-28-11-6-5-10-26(28)31(25-8-3-2-4-9-25)36-27(32(38)41)21-44-33(42)37-34-17-22-14-23(18-34)16-24(15-22)19-34/h2-12,22-24,27H,13-21H2,1H3,(H,35,39)(H,37,42)/b12-7+/t22?,23?,24?,27-,34?/m1/s1. The molecular formula is C34H38N4O6. The van der Waals surface area contributed by atoms with Crippen molar-refractivity contribution in [3.63, 3.8) is 0 Å². The molecule has 4 fully saturated rings. The summed E-state index contributed by atoms with van der Waals surface area (Å²) < 4.78 is 10.3. The number of nitrogens with one attached hydrogen (secondary N) is 2. The van der Waals surface area contributed by atoms with Crippen LogP contribution in [-0.2, 0) is 23.9 Å². The zero-order chi connectivity index (χ0) is 30.7. The fourth-order valence-electron chi connectivity index (χ4n) is 7.85. The Hall–Kier alpha value is -4.47. The van der Waals surface area contributed by atoms with Gasteiger partial charge in [-0.2, -0.15) is 0 Å². The first-order valence-corrected chi connectivity index (χ1v) is 15.3. The van der Waals surface area contributed by atoms with Crippen LogP contribution >= 0.6 is 0 Å². The number of rotatable bonds is 9. The first-order valence-electron chi connectivity index (χ1n) is 15.3. The van der Waals surface area contributed by atoms with Crippen molar-refractivity contribution in [1.82, 2.24) is 10.6 Å². The molecule has 2 aromatic rings. The molecule has 44 heavy (non-hydrogen) atoms. The second-order valence-electron chi connectivity index (χ2n) is 12.5. The predicted molar refractivity (Wildman–Crippen MR) is 164 cm³/mol. The van der Waals surface area contributed by atoms with Crippen LogP contribution in [0.15, 0.2) is 71.7 Å². The Kier molecular flexibility index (Phi) is 8.50. The van der Waals surface area contributed by atoms with E-state index in [0.717, 1.165) is 24.8 Å². The Bertz CT molecular complexity index is 1450. The van der Waals surface area contributed by atoms with Gasteiger partial charge in [0.2, 0.25) is 5.91 Å². The van der Waals surface area contributed by atoms with Crippen molar-refractivity contribution in [3.8, 4) is 0 Å². The summed E-state index contributed by atoms with van der Waals surface area (Å²) >= 11 is 0. The van der Waals surface area contributed by atoms with E-state index in [1.165, 1.54) is 43.4 Å². The van der Waals surface area contributed by atoms with Crippen molar-refractivity contribution in [2.45, 2.75) is 50.1 Å². The molecule has 10 nitrogen and oxygen atoms in total. The molecule has 2 aromatic carbocycles. The lowest BCUT2D eigenvalue weighted by Gasteiger charge is -2.56. The molecule has 1 aliphatic heterocycles. The first-order chi connectivity index (χ1) is 21.3. The van der Waals surface area contributed by atoms with Crippen molar-refractivity contribution in [3.05, 3.63) is 77.9 Å². The fraction of sp³-hybridized carbons (Fsp3) is 0.441. The molecule has 7 rings (SSSR count). The molecule has 5 aliphatic rings. The molecule has 0 saturated heterocycles. The number of ether oxygens (including phenoxy) is 2. The van der Waals surface area contributed by atoms with E-state index in [1.54, 1.807) is 12.1 Å². The monoisotopic (exact) mass is 598 g/mol. The minimum absolute atomic E-state index is 0.0837. The second-order valence-corrected chi connectivity index (χ2v) is 12.5. The largest absolute Gasteiger partial charge is 0.466 e. The van der Waals surface area contributed by atoms with Gasteiger partial charge in [-0.3, -0.25) is 14.6 Å².